The average molecular weight is 343 g/mol. The molecule has 0 radical (unpaired) electrons. The van der Waals surface area contributed by atoms with Gasteiger partial charge in [0.05, 0.1) is 0 Å². The summed E-state index contributed by atoms with van der Waals surface area (Å²) in [5.41, 5.74) is 3.03. The molecule has 4 heteroatoms. The summed E-state index contributed by atoms with van der Waals surface area (Å²) in [7, 11) is 0. The monoisotopic (exact) mass is 342 g/mol. The molecule has 0 unspecified atom stereocenters. The van der Waals surface area contributed by atoms with Gasteiger partial charge in [-0.1, -0.05) is 41.9 Å². The van der Waals surface area contributed by atoms with E-state index in [1.807, 2.05) is 53.4 Å². The van der Waals surface area contributed by atoms with Crippen molar-refractivity contribution in [2.75, 3.05) is 13.1 Å². The molecule has 0 saturated carbocycles. The number of hydrogen-bond acceptors (Lipinski definition) is 2. The Kier molecular flexibility index (Phi) is 5.54. The molecule has 1 atom stereocenters. The molecule has 1 aliphatic heterocycles. The number of amides is 1. The first kappa shape index (κ1) is 17.0. The minimum atomic E-state index is 0.149. The number of rotatable bonds is 5. The van der Waals surface area contributed by atoms with Gasteiger partial charge in [-0.15, -0.1) is 0 Å². The SMILES string of the molecule is C[C@@H](NCc1ccc(C(=O)N2CCCC2)cc1)c1ccccc1Cl. The van der Waals surface area contributed by atoms with Crippen molar-refractivity contribution in [2.45, 2.75) is 32.4 Å². The zero-order valence-corrected chi connectivity index (χ0v) is 14.7. The van der Waals surface area contributed by atoms with Crippen molar-refractivity contribution >= 4 is 17.5 Å². The summed E-state index contributed by atoms with van der Waals surface area (Å²) >= 11 is 6.24. The third kappa shape index (κ3) is 3.97. The van der Waals surface area contributed by atoms with Crippen molar-refractivity contribution < 1.29 is 4.79 Å². The number of halogens is 1. The summed E-state index contributed by atoms with van der Waals surface area (Å²) < 4.78 is 0. The van der Waals surface area contributed by atoms with E-state index in [2.05, 4.69) is 12.2 Å². The van der Waals surface area contributed by atoms with Gasteiger partial charge in [-0.05, 0) is 49.1 Å². The molecule has 3 rings (SSSR count). The summed E-state index contributed by atoms with van der Waals surface area (Å²) in [5.74, 6) is 0.149. The van der Waals surface area contributed by atoms with Gasteiger partial charge in [0.25, 0.3) is 5.91 Å². The zero-order valence-electron chi connectivity index (χ0n) is 14.0. The fourth-order valence-electron chi connectivity index (χ4n) is 3.08. The fraction of sp³-hybridized carbons (Fsp3) is 0.350. The lowest BCUT2D eigenvalue weighted by Gasteiger charge is -2.17. The lowest BCUT2D eigenvalue weighted by atomic mass is 10.1. The average Bonchev–Trinajstić information content (AvgIpc) is 3.14. The highest BCUT2D eigenvalue weighted by Gasteiger charge is 2.19. The molecular formula is C20H23ClN2O. The molecule has 1 N–H and O–H groups in total. The number of nitrogens with zero attached hydrogens (tertiary/aromatic N) is 1. The number of hydrogen-bond donors (Lipinski definition) is 1. The Morgan fingerprint density at radius 3 is 2.46 bits per heavy atom. The van der Waals surface area contributed by atoms with E-state index in [-0.39, 0.29) is 11.9 Å². The summed E-state index contributed by atoms with van der Waals surface area (Å²) in [6, 6.07) is 16.0. The van der Waals surface area contributed by atoms with Crippen molar-refractivity contribution in [1.82, 2.24) is 10.2 Å². The summed E-state index contributed by atoms with van der Waals surface area (Å²) in [5, 5.41) is 4.26. The molecule has 24 heavy (non-hydrogen) atoms. The van der Waals surface area contributed by atoms with Crippen LogP contribution in [0.2, 0.25) is 5.02 Å². The molecule has 1 saturated heterocycles. The maximum atomic E-state index is 12.3. The number of carbonyl (C=O) groups is 1. The molecule has 0 aromatic heterocycles. The third-order valence-corrected chi connectivity index (χ3v) is 4.92. The Morgan fingerprint density at radius 2 is 1.79 bits per heavy atom. The van der Waals surface area contributed by atoms with Gasteiger partial charge >= 0.3 is 0 Å². The van der Waals surface area contributed by atoms with E-state index in [4.69, 9.17) is 11.6 Å². The van der Waals surface area contributed by atoms with Gasteiger partial charge in [-0.3, -0.25) is 4.79 Å². The standard InChI is InChI=1S/C20H23ClN2O/c1-15(18-6-2-3-7-19(18)21)22-14-16-8-10-17(11-9-16)20(24)23-12-4-5-13-23/h2-3,6-11,15,22H,4-5,12-14H2,1H3/t15-/m1/s1. The van der Waals surface area contributed by atoms with Gasteiger partial charge in [0.2, 0.25) is 0 Å². The van der Waals surface area contributed by atoms with Crippen LogP contribution in [0.15, 0.2) is 48.5 Å². The molecule has 0 aliphatic carbocycles. The second-order valence-electron chi connectivity index (χ2n) is 6.32. The highest BCUT2D eigenvalue weighted by atomic mass is 35.5. The Labute approximate surface area is 148 Å². The molecule has 3 nitrogen and oxygen atoms in total. The van der Waals surface area contributed by atoms with E-state index in [0.29, 0.717) is 0 Å². The van der Waals surface area contributed by atoms with Crippen LogP contribution in [0.1, 0.15) is 47.3 Å². The van der Waals surface area contributed by atoms with Crippen LogP contribution in [0.4, 0.5) is 0 Å². The topological polar surface area (TPSA) is 32.3 Å². The Bertz CT molecular complexity index is 693. The second kappa shape index (κ2) is 7.82. The quantitative estimate of drug-likeness (QED) is 0.872. The molecule has 126 valence electrons. The zero-order chi connectivity index (χ0) is 16.9. The highest BCUT2D eigenvalue weighted by Crippen LogP contribution is 2.22. The smallest absolute Gasteiger partial charge is 0.253 e. The molecule has 1 aliphatic rings. The van der Waals surface area contributed by atoms with E-state index >= 15 is 0 Å². The number of carbonyl (C=O) groups excluding carboxylic acids is 1. The van der Waals surface area contributed by atoms with Crippen LogP contribution in [0.3, 0.4) is 0 Å². The summed E-state index contributed by atoms with van der Waals surface area (Å²) in [4.78, 5) is 14.3. The molecule has 2 aromatic rings. The fourth-order valence-corrected chi connectivity index (χ4v) is 3.37. The van der Waals surface area contributed by atoms with Gasteiger partial charge in [0.1, 0.15) is 0 Å². The minimum Gasteiger partial charge on any atom is -0.339 e. The van der Waals surface area contributed by atoms with Crippen LogP contribution in [0, 0.1) is 0 Å². The number of benzene rings is 2. The number of nitrogens with one attached hydrogen (secondary N) is 1. The molecular weight excluding hydrogens is 320 g/mol. The van der Waals surface area contributed by atoms with E-state index < -0.39 is 0 Å². The molecule has 1 heterocycles. The molecule has 0 bridgehead atoms. The first-order valence-electron chi connectivity index (χ1n) is 8.51. The molecule has 1 amide bonds. The largest absolute Gasteiger partial charge is 0.339 e. The predicted molar refractivity (Wildman–Crippen MR) is 98.3 cm³/mol. The predicted octanol–water partition coefficient (Wildman–Crippen LogP) is 4.43. The van der Waals surface area contributed by atoms with Crippen LogP contribution < -0.4 is 5.32 Å². The normalized spacial score (nSPS) is 15.5. The van der Waals surface area contributed by atoms with Gasteiger partial charge in [0.15, 0.2) is 0 Å². The van der Waals surface area contributed by atoms with Gasteiger partial charge in [-0.25, -0.2) is 0 Å². The van der Waals surface area contributed by atoms with Crippen molar-refractivity contribution in [1.29, 1.82) is 0 Å². The maximum Gasteiger partial charge on any atom is 0.253 e. The lowest BCUT2D eigenvalue weighted by molar-refractivity contribution is 0.0793. The molecule has 1 fully saturated rings. The van der Waals surface area contributed by atoms with Crippen LogP contribution in [0.25, 0.3) is 0 Å². The first-order valence-corrected chi connectivity index (χ1v) is 8.89. The Hall–Kier alpha value is -1.84. The third-order valence-electron chi connectivity index (χ3n) is 4.58. The second-order valence-corrected chi connectivity index (χ2v) is 6.73. The van der Waals surface area contributed by atoms with E-state index in [1.165, 1.54) is 0 Å². The Morgan fingerprint density at radius 1 is 1.12 bits per heavy atom. The summed E-state index contributed by atoms with van der Waals surface area (Å²) in [6.45, 7) is 4.62. The Balaban J connectivity index is 1.58. The maximum absolute atomic E-state index is 12.3. The van der Waals surface area contributed by atoms with Gasteiger partial charge in [0, 0.05) is 36.3 Å². The van der Waals surface area contributed by atoms with Gasteiger partial charge < -0.3 is 10.2 Å². The van der Waals surface area contributed by atoms with Gasteiger partial charge in [-0.2, -0.15) is 0 Å². The number of likely N-dealkylation sites (tertiary alicyclic amines) is 1. The van der Waals surface area contributed by atoms with E-state index in [0.717, 1.165) is 54.2 Å². The van der Waals surface area contributed by atoms with Crippen molar-refractivity contribution in [3.05, 3.63) is 70.2 Å². The van der Waals surface area contributed by atoms with E-state index in [9.17, 15) is 4.79 Å². The van der Waals surface area contributed by atoms with Crippen LogP contribution in [-0.4, -0.2) is 23.9 Å². The van der Waals surface area contributed by atoms with E-state index in [1.54, 1.807) is 0 Å². The highest BCUT2D eigenvalue weighted by molar-refractivity contribution is 6.31. The van der Waals surface area contributed by atoms with Crippen molar-refractivity contribution in [2.24, 2.45) is 0 Å². The van der Waals surface area contributed by atoms with Crippen LogP contribution in [0.5, 0.6) is 0 Å². The van der Waals surface area contributed by atoms with Crippen LogP contribution >= 0.6 is 11.6 Å². The first-order chi connectivity index (χ1) is 11.6. The molecule has 0 spiro atoms. The lowest BCUT2D eigenvalue weighted by Crippen LogP contribution is -2.27. The summed E-state index contributed by atoms with van der Waals surface area (Å²) in [6.07, 6.45) is 2.24. The van der Waals surface area contributed by atoms with Crippen molar-refractivity contribution in [3.8, 4) is 0 Å². The minimum absolute atomic E-state index is 0.149. The van der Waals surface area contributed by atoms with Crippen molar-refractivity contribution in [3.63, 3.8) is 0 Å². The van der Waals surface area contributed by atoms with Crippen LogP contribution in [-0.2, 0) is 6.54 Å². The molecule has 2 aromatic carbocycles.